The van der Waals surface area contributed by atoms with E-state index in [1.54, 1.807) is 13.3 Å². The van der Waals surface area contributed by atoms with E-state index in [4.69, 9.17) is 9.47 Å². The van der Waals surface area contributed by atoms with Crippen molar-refractivity contribution in [1.29, 1.82) is 0 Å². The van der Waals surface area contributed by atoms with E-state index in [1.807, 2.05) is 48.5 Å². The molecule has 0 spiro atoms. The fourth-order valence-corrected chi connectivity index (χ4v) is 3.15. The van der Waals surface area contributed by atoms with Crippen molar-refractivity contribution in [1.82, 2.24) is 9.97 Å². The topological polar surface area (TPSA) is 71.5 Å². The highest BCUT2D eigenvalue weighted by molar-refractivity contribution is 5.74. The number of para-hydroxylation sites is 4. The Morgan fingerprint density at radius 2 is 1.68 bits per heavy atom. The van der Waals surface area contributed by atoms with Gasteiger partial charge in [-0.3, -0.25) is 0 Å². The molecule has 0 atom stereocenters. The summed E-state index contributed by atoms with van der Waals surface area (Å²) < 4.78 is 10.9. The van der Waals surface area contributed by atoms with Gasteiger partial charge in [0, 0.05) is 19.3 Å². The molecule has 0 saturated carbocycles. The van der Waals surface area contributed by atoms with Gasteiger partial charge in [0.1, 0.15) is 11.6 Å². The largest absolute Gasteiger partial charge is 0.495 e. The maximum Gasteiger partial charge on any atom is 0.229 e. The minimum Gasteiger partial charge on any atom is -0.495 e. The molecule has 0 bridgehead atoms. The molecule has 2 aromatic carbocycles. The molecule has 2 N–H and O–H groups in total. The second-order valence-corrected chi connectivity index (χ2v) is 6.33. The molecule has 3 aromatic rings. The summed E-state index contributed by atoms with van der Waals surface area (Å²) in [7, 11) is 1.65. The highest BCUT2D eigenvalue weighted by atomic mass is 16.5. The summed E-state index contributed by atoms with van der Waals surface area (Å²) in [6, 6.07) is 17.7. The number of nitrogens with zero attached hydrogens (tertiary/aromatic N) is 3. The lowest BCUT2D eigenvalue weighted by Gasteiger charge is -2.30. The van der Waals surface area contributed by atoms with Gasteiger partial charge in [0.05, 0.1) is 37.4 Å². The predicted octanol–water partition coefficient (Wildman–Crippen LogP) is 3.81. The molecule has 0 radical (unpaired) electrons. The van der Waals surface area contributed by atoms with Crippen LogP contribution in [0.25, 0.3) is 0 Å². The summed E-state index contributed by atoms with van der Waals surface area (Å²) in [6.45, 7) is 3.22. The highest BCUT2D eigenvalue weighted by Crippen LogP contribution is 2.29. The van der Waals surface area contributed by atoms with Crippen molar-refractivity contribution in [3.8, 4) is 5.75 Å². The zero-order chi connectivity index (χ0) is 19.2. The number of morpholine rings is 1. The molecule has 4 rings (SSSR count). The number of nitrogens with one attached hydrogen (secondary N) is 2. The second kappa shape index (κ2) is 8.58. The van der Waals surface area contributed by atoms with E-state index in [0.717, 1.165) is 49.1 Å². The van der Waals surface area contributed by atoms with Gasteiger partial charge in [-0.1, -0.05) is 24.3 Å². The van der Waals surface area contributed by atoms with E-state index in [9.17, 15) is 0 Å². The molecular weight excluding hydrogens is 354 g/mol. The summed E-state index contributed by atoms with van der Waals surface area (Å²) in [4.78, 5) is 11.3. The maximum absolute atomic E-state index is 5.47. The number of rotatable bonds is 6. The standard InChI is InChI=1S/C21H23N5O2/c1-27-19-9-5-3-7-17(19)23-20-10-11-22-21(25-20)24-16-6-2-4-8-18(16)26-12-14-28-15-13-26/h2-11H,12-15H2,1H3,(H2,22,23,24,25). The van der Waals surface area contributed by atoms with Crippen LogP contribution in [0.5, 0.6) is 5.75 Å². The SMILES string of the molecule is COc1ccccc1Nc1ccnc(Nc2ccccc2N2CCOCC2)n1. The number of benzene rings is 2. The van der Waals surface area contributed by atoms with Crippen LogP contribution in [0, 0.1) is 0 Å². The molecular formula is C21H23N5O2. The molecule has 7 nitrogen and oxygen atoms in total. The fraction of sp³-hybridized carbons (Fsp3) is 0.238. The average molecular weight is 377 g/mol. The smallest absolute Gasteiger partial charge is 0.229 e. The Morgan fingerprint density at radius 1 is 0.929 bits per heavy atom. The lowest BCUT2D eigenvalue weighted by atomic mass is 10.2. The van der Waals surface area contributed by atoms with Crippen LogP contribution in [-0.2, 0) is 4.74 Å². The number of hydrogen-bond donors (Lipinski definition) is 2. The Kier molecular flexibility index (Phi) is 5.53. The molecule has 144 valence electrons. The van der Waals surface area contributed by atoms with Crippen LogP contribution in [0.2, 0.25) is 0 Å². The van der Waals surface area contributed by atoms with Crippen molar-refractivity contribution < 1.29 is 9.47 Å². The molecule has 7 heteroatoms. The number of methoxy groups -OCH3 is 1. The quantitative estimate of drug-likeness (QED) is 0.677. The normalized spacial score (nSPS) is 13.8. The summed E-state index contributed by atoms with van der Waals surface area (Å²) in [5.41, 5.74) is 2.94. The van der Waals surface area contributed by atoms with Crippen LogP contribution in [0.1, 0.15) is 0 Å². The first-order chi connectivity index (χ1) is 13.8. The summed E-state index contributed by atoms with van der Waals surface area (Å²) >= 11 is 0. The van der Waals surface area contributed by atoms with E-state index in [2.05, 4.69) is 31.6 Å². The Bertz CT molecular complexity index is 928. The highest BCUT2D eigenvalue weighted by Gasteiger charge is 2.15. The van der Waals surface area contributed by atoms with Gasteiger partial charge >= 0.3 is 0 Å². The van der Waals surface area contributed by atoms with E-state index in [1.165, 1.54) is 0 Å². The zero-order valence-corrected chi connectivity index (χ0v) is 15.8. The van der Waals surface area contributed by atoms with Gasteiger partial charge in [0.2, 0.25) is 5.95 Å². The summed E-state index contributed by atoms with van der Waals surface area (Å²) in [5.74, 6) is 1.97. The third-order valence-electron chi connectivity index (χ3n) is 4.53. The summed E-state index contributed by atoms with van der Waals surface area (Å²) in [6.07, 6.45) is 1.73. The van der Waals surface area contributed by atoms with E-state index < -0.39 is 0 Å². The van der Waals surface area contributed by atoms with Gasteiger partial charge in [-0.15, -0.1) is 0 Å². The lowest BCUT2D eigenvalue weighted by Crippen LogP contribution is -2.36. The van der Waals surface area contributed by atoms with E-state index in [-0.39, 0.29) is 0 Å². The minimum atomic E-state index is 0.528. The Hall–Kier alpha value is -3.32. The van der Waals surface area contributed by atoms with Crippen molar-refractivity contribution in [3.63, 3.8) is 0 Å². The minimum absolute atomic E-state index is 0.528. The monoisotopic (exact) mass is 377 g/mol. The molecule has 1 aliphatic heterocycles. The molecule has 0 unspecified atom stereocenters. The first-order valence-electron chi connectivity index (χ1n) is 9.25. The van der Waals surface area contributed by atoms with Crippen molar-refractivity contribution in [2.24, 2.45) is 0 Å². The van der Waals surface area contributed by atoms with Gasteiger partial charge in [-0.2, -0.15) is 4.98 Å². The molecule has 1 aromatic heterocycles. The molecule has 1 aliphatic rings. The number of aromatic nitrogens is 2. The molecule has 0 amide bonds. The first kappa shape index (κ1) is 18.1. The van der Waals surface area contributed by atoms with Crippen LogP contribution in [0.15, 0.2) is 60.8 Å². The number of hydrogen-bond acceptors (Lipinski definition) is 7. The Morgan fingerprint density at radius 3 is 2.50 bits per heavy atom. The van der Waals surface area contributed by atoms with Crippen LogP contribution in [0.3, 0.4) is 0 Å². The predicted molar refractivity (Wildman–Crippen MR) is 111 cm³/mol. The molecule has 28 heavy (non-hydrogen) atoms. The van der Waals surface area contributed by atoms with Crippen molar-refractivity contribution in [2.75, 3.05) is 48.9 Å². The van der Waals surface area contributed by atoms with Gasteiger partial charge in [-0.05, 0) is 30.3 Å². The summed E-state index contributed by atoms with van der Waals surface area (Å²) in [5, 5.41) is 6.63. The van der Waals surface area contributed by atoms with Crippen LogP contribution >= 0.6 is 0 Å². The van der Waals surface area contributed by atoms with Crippen molar-refractivity contribution in [3.05, 3.63) is 60.8 Å². The second-order valence-electron chi connectivity index (χ2n) is 6.33. The maximum atomic E-state index is 5.47. The van der Waals surface area contributed by atoms with E-state index in [0.29, 0.717) is 11.8 Å². The average Bonchev–Trinajstić information content (AvgIpc) is 2.75. The lowest BCUT2D eigenvalue weighted by molar-refractivity contribution is 0.123. The first-order valence-corrected chi connectivity index (χ1v) is 9.25. The molecule has 2 heterocycles. The Labute approximate surface area is 164 Å². The molecule has 0 aliphatic carbocycles. The molecule has 1 saturated heterocycles. The van der Waals surface area contributed by atoms with Gasteiger partial charge < -0.3 is 25.0 Å². The van der Waals surface area contributed by atoms with Crippen LogP contribution < -0.4 is 20.3 Å². The third kappa shape index (κ3) is 4.15. The van der Waals surface area contributed by atoms with Crippen LogP contribution in [0.4, 0.5) is 28.8 Å². The number of anilines is 5. The van der Waals surface area contributed by atoms with Gasteiger partial charge in [0.15, 0.2) is 0 Å². The van der Waals surface area contributed by atoms with Gasteiger partial charge in [-0.25, -0.2) is 4.98 Å². The van der Waals surface area contributed by atoms with Crippen LogP contribution in [-0.4, -0.2) is 43.4 Å². The molecule has 1 fully saturated rings. The fourth-order valence-electron chi connectivity index (χ4n) is 3.15. The van der Waals surface area contributed by atoms with Crippen molar-refractivity contribution >= 4 is 28.8 Å². The van der Waals surface area contributed by atoms with Gasteiger partial charge in [0.25, 0.3) is 0 Å². The third-order valence-corrected chi connectivity index (χ3v) is 4.53. The number of ether oxygens (including phenoxy) is 2. The zero-order valence-electron chi connectivity index (χ0n) is 15.8. The van der Waals surface area contributed by atoms with E-state index >= 15 is 0 Å². The Balaban J connectivity index is 1.54. The van der Waals surface area contributed by atoms with Crippen molar-refractivity contribution in [2.45, 2.75) is 0 Å².